The summed E-state index contributed by atoms with van der Waals surface area (Å²) >= 11 is 0. The number of rotatable bonds is 5. The summed E-state index contributed by atoms with van der Waals surface area (Å²) < 4.78 is 5.37. The van der Waals surface area contributed by atoms with Crippen LogP contribution in [-0.4, -0.2) is 24.4 Å². The predicted octanol–water partition coefficient (Wildman–Crippen LogP) is 2.11. The van der Waals surface area contributed by atoms with Gasteiger partial charge >= 0.3 is 0 Å². The molecule has 0 radical (unpaired) electrons. The normalized spacial score (nSPS) is 20.5. The summed E-state index contributed by atoms with van der Waals surface area (Å²) in [5.41, 5.74) is 2.67. The predicted molar refractivity (Wildman–Crippen MR) is 60.0 cm³/mol. The van der Waals surface area contributed by atoms with Crippen LogP contribution in [0.5, 0.6) is 0 Å². The topological polar surface area (TPSA) is 29.5 Å². The molecule has 1 aliphatic rings. The Balaban J connectivity index is 1.87. The van der Waals surface area contributed by atoms with E-state index in [2.05, 4.69) is 25.1 Å². The average molecular weight is 206 g/mol. The monoisotopic (exact) mass is 206 g/mol. The minimum Gasteiger partial charge on any atom is -0.390 e. The first kappa shape index (κ1) is 10.7. The van der Waals surface area contributed by atoms with E-state index in [9.17, 15) is 5.11 Å². The van der Waals surface area contributed by atoms with Crippen molar-refractivity contribution in [3.63, 3.8) is 0 Å². The lowest BCUT2D eigenvalue weighted by atomic mass is 9.75. The summed E-state index contributed by atoms with van der Waals surface area (Å²) in [6, 6.07) is 8.32. The van der Waals surface area contributed by atoms with Gasteiger partial charge in [0.1, 0.15) is 0 Å². The molecule has 1 N–H and O–H groups in total. The molecule has 0 heterocycles. The minimum absolute atomic E-state index is 0.290. The van der Waals surface area contributed by atoms with Gasteiger partial charge in [0.2, 0.25) is 0 Å². The summed E-state index contributed by atoms with van der Waals surface area (Å²) in [5, 5.41) is 9.92. The number of hydrogen-bond acceptors (Lipinski definition) is 2. The second-order valence-electron chi connectivity index (χ2n) is 4.15. The number of ether oxygens (including phenoxy) is 1. The van der Waals surface area contributed by atoms with Crippen LogP contribution >= 0.6 is 0 Å². The third kappa shape index (κ3) is 2.21. The lowest BCUT2D eigenvalue weighted by Gasteiger charge is -2.33. The maximum Gasteiger partial charge on any atom is 0.0845 e. The van der Waals surface area contributed by atoms with Crippen molar-refractivity contribution in [1.82, 2.24) is 0 Å². The minimum atomic E-state index is -0.341. The van der Waals surface area contributed by atoms with E-state index in [1.165, 1.54) is 11.1 Å². The van der Waals surface area contributed by atoms with Crippen LogP contribution < -0.4 is 0 Å². The molecule has 0 saturated heterocycles. The van der Waals surface area contributed by atoms with Crippen molar-refractivity contribution in [2.75, 3.05) is 13.2 Å². The molecule has 2 nitrogen and oxygen atoms in total. The van der Waals surface area contributed by atoms with Crippen LogP contribution in [0.3, 0.4) is 0 Å². The first-order valence-electron chi connectivity index (χ1n) is 5.66. The van der Waals surface area contributed by atoms with Gasteiger partial charge < -0.3 is 9.84 Å². The van der Waals surface area contributed by atoms with Gasteiger partial charge in [-0.2, -0.15) is 0 Å². The van der Waals surface area contributed by atoms with Crippen LogP contribution in [0.15, 0.2) is 24.3 Å². The van der Waals surface area contributed by atoms with Crippen molar-refractivity contribution < 1.29 is 9.84 Å². The molecule has 1 aromatic carbocycles. The van der Waals surface area contributed by atoms with Crippen LogP contribution in [0.4, 0.5) is 0 Å². The van der Waals surface area contributed by atoms with E-state index in [0.29, 0.717) is 6.61 Å². The molecule has 0 spiro atoms. The molecule has 0 amide bonds. The van der Waals surface area contributed by atoms with Crippen LogP contribution in [0.25, 0.3) is 0 Å². The Morgan fingerprint density at radius 1 is 1.47 bits per heavy atom. The Morgan fingerprint density at radius 2 is 2.27 bits per heavy atom. The lowest BCUT2D eigenvalue weighted by molar-refractivity contribution is 0.0183. The van der Waals surface area contributed by atoms with E-state index in [0.717, 1.165) is 19.4 Å². The highest BCUT2D eigenvalue weighted by Gasteiger charge is 2.31. The highest BCUT2D eigenvalue weighted by Crippen LogP contribution is 2.37. The summed E-state index contributed by atoms with van der Waals surface area (Å²) in [7, 11) is 0. The fourth-order valence-electron chi connectivity index (χ4n) is 2.11. The molecule has 2 rings (SSSR count). The smallest absolute Gasteiger partial charge is 0.0845 e. The molecular weight excluding hydrogens is 188 g/mol. The van der Waals surface area contributed by atoms with Crippen LogP contribution in [0, 0.1) is 0 Å². The van der Waals surface area contributed by atoms with Gasteiger partial charge in [-0.15, -0.1) is 0 Å². The number of fused-ring (bicyclic) bond motifs is 1. The van der Waals surface area contributed by atoms with Crippen molar-refractivity contribution in [2.45, 2.75) is 31.8 Å². The van der Waals surface area contributed by atoms with Gasteiger partial charge in [-0.3, -0.25) is 0 Å². The zero-order valence-corrected chi connectivity index (χ0v) is 9.15. The first-order valence-corrected chi connectivity index (χ1v) is 5.66. The fourth-order valence-corrected chi connectivity index (χ4v) is 2.11. The molecule has 0 bridgehead atoms. The maximum atomic E-state index is 9.92. The second-order valence-corrected chi connectivity index (χ2v) is 4.15. The summed E-state index contributed by atoms with van der Waals surface area (Å²) in [5.74, 6) is 0.290. The summed E-state index contributed by atoms with van der Waals surface area (Å²) in [4.78, 5) is 0. The van der Waals surface area contributed by atoms with Crippen molar-refractivity contribution in [3.8, 4) is 0 Å². The van der Waals surface area contributed by atoms with E-state index in [1.807, 2.05) is 6.07 Å². The van der Waals surface area contributed by atoms with Gasteiger partial charge in [-0.1, -0.05) is 31.2 Å². The Bertz CT molecular complexity index is 322. The zero-order chi connectivity index (χ0) is 10.7. The van der Waals surface area contributed by atoms with Crippen molar-refractivity contribution >= 4 is 0 Å². The highest BCUT2D eigenvalue weighted by atomic mass is 16.5. The molecule has 0 fully saturated rings. The largest absolute Gasteiger partial charge is 0.390 e. The Morgan fingerprint density at radius 3 is 3.00 bits per heavy atom. The van der Waals surface area contributed by atoms with Gasteiger partial charge in [0.25, 0.3) is 0 Å². The molecule has 1 aliphatic carbocycles. The summed E-state index contributed by atoms with van der Waals surface area (Å²) in [6.45, 7) is 3.28. The van der Waals surface area contributed by atoms with Gasteiger partial charge in [-0.05, 0) is 24.0 Å². The van der Waals surface area contributed by atoms with Crippen molar-refractivity contribution in [2.24, 2.45) is 0 Å². The van der Waals surface area contributed by atoms with E-state index in [-0.39, 0.29) is 12.0 Å². The number of hydrogen-bond donors (Lipinski definition) is 1. The van der Waals surface area contributed by atoms with Crippen LogP contribution in [0.2, 0.25) is 0 Å². The SMILES string of the molecule is CCCOCC(O)C1Cc2ccccc21. The zero-order valence-electron chi connectivity index (χ0n) is 9.15. The quantitative estimate of drug-likeness (QED) is 0.748. The number of benzene rings is 1. The molecule has 2 unspecified atom stereocenters. The molecule has 82 valence electrons. The lowest BCUT2D eigenvalue weighted by Crippen LogP contribution is -2.32. The molecule has 2 atom stereocenters. The fraction of sp³-hybridized carbons (Fsp3) is 0.538. The van der Waals surface area contributed by atoms with E-state index in [4.69, 9.17) is 4.74 Å². The van der Waals surface area contributed by atoms with Crippen molar-refractivity contribution in [3.05, 3.63) is 35.4 Å². The summed E-state index contributed by atoms with van der Waals surface area (Å²) in [6.07, 6.45) is 1.66. The molecule has 1 aromatic rings. The Hall–Kier alpha value is -0.860. The molecular formula is C13H18O2. The molecule has 2 heteroatoms. The highest BCUT2D eigenvalue weighted by molar-refractivity contribution is 5.40. The second kappa shape index (κ2) is 4.77. The van der Waals surface area contributed by atoms with Gasteiger partial charge in [0.05, 0.1) is 12.7 Å². The number of aliphatic hydroxyl groups excluding tert-OH is 1. The maximum absolute atomic E-state index is 9.92. The standard InChI is InChI=1S/C13H18O2/c1-2-7-15-9-13(14)12-8-10-5-3-4-6-11(10)12/h3-6,12-14H,2,7-9H2,1H3. The molecule has 0 aliphatic heterocycles. The third-order valence-corrected chi connectivity index (χ3v) is 3.00. The molecule has 0 saturated carbocycles. The van der Waals surface area contributed by atoms with Gasteiger partial charge in [0, 0.05) is 12.5 Å². The van der Waals surface area contributed by atoms with Gasteiger partial charge in [0.15, 0.2) is 0 Å². The first-order chi connectivity index (χ1) is 7.33. The third-order valence-electron chi connectivity index (χ3n) is 3.00. The molecule has 15 heavy (non-hydrogen) atoms. The average Bonchev–Trinajstić information content (AvgIpc) is 2.20. The van der Waals surface area contributed by atoms with E-state index in [1.54, 1.807) is 0 Å². The van der Waals surface area contributed by atoms with Crippen LogP contribution in [-0.2, 0) is 11.2 Å². The number of aliphatic hydroxyl groups is 1. The van der Waals surface area contributed by atoms with E-state index >= 15 is 0 Å². The Labute approximate surface area is 90.9 Å². The van der Waals surface area contributed by atoms with Crippen LogP contribution in [0.1, 0.15) is 30.4 Å². The van der Waals surface area contributed by atoms with E-state index < -0.39 is 0 Å². The molecule has 0 aromatic heterocycles. The van der Waals surface area contributed by atoms with Gasteiger partial charge in [-0.25, -0.2) is 0 Å². The van der Waals surface area contributed by atoms with Crippen molar-refractivity contribution in [1.29, 1.82) is 0 Å². The Kier molecular flexibility index (Phi) is 3.39.